The summed E-state index contributed by atoms with van der Waals surface area (Å²) >= 11 is 0.680. The molecule has 0 bridgehead atoms. The maximum Gasteiger partial charge on any atom is 0.430 e. The summed E-state index contributed by atoms with van der Waals surface area (Å²) in [7, 11) is -4.52. The molecule has 2 aromatic carbocycles. The molecule has 1 unspecified atom stereocenters. The molecule has 214 valence electrons. The van der Waals surface area contributed by atoms with Gasteiger partial charge in [-0.15, -0.1) is 11.8 Å². The summed E-state index contributed by atoms with van der Waals surface area (Å²) in [4.78, 5) is 15.7. The Balaban J connectivity index is 1.78. The molecule has 2 N–H and O–H groups in total. The van der Waals surface area contributed by atoms with Crippen LogP contribution in [-0.2, 0) is 20.4 Å². The van der Waals surface area contributed by atoms with E-state index in [-0.39, 0.29) is 10.6 Å². The van der Waals surface area contributed by atoms with Gasteiger partial charge in [-0.25, -0.2) is 12.8 Å². The predicted octanol–water partition coefficient (Wildman–Crippen LogP) is 5.23. The fourth-order valence-electron chi connectivity index (χ4n) is 3.95. The van der Waals surface area contributed by atoms with Crippen LogP contribution in [0.3, 0.4) is 0 Å². The molecule has 1 atom stereocenters. The van der Waals surface area contributed by atoms with E-state index in [0.717, 1.165) is 28.6 Å². The quantitative estimate of drug-likeness (QED) is 0.372. The number of nitrogens with one attached hydrogen (secondary N) is 1. The lowest BCUT2D eigenvalue weighted by molar-refractivity contribution is -0.376. The molecular formula is C24H18F7N3O4S2. The van der Waals surface area contributed by atoms with Crippen molar-refractivity contribution in [1.29, 1.82) is 0 Å². The standard InChI is InChI=1S/C24H18F7N3O4S2/c25-15-2-4-18(5-3-15)40(37,38)34-13-17(12-21(35)33-16-7-9-32-10-8-16)39-20-11-14(1-6-19(20)34)22(36,23(26,27)28)24(29,30)31/h1-11,17,36H,12-13H2,(H,32,33,35). The largest absolute Gasteiger partial charge is 0.430 e. The number of carbonyl (C=O) groups is 1. The Kier molecular flexibility index (Phi) is 7.81. The lowest BCUT2D eigenvalue weighted by Crippen LogP contribution is -2.54. The molecule has 0 spiro atoms. The SMILES string of the molecule is O=C(CC1CN(S(=O)(=O)c2ccc(F)cc2)c2ccc(C(O)(C(F)(F)F)C(F)(F)F)cc2S1)Nc1ccncc1. The van der Waals surface area contributed by atoms with E-state index in [9.17, 15) is 49.1 Å². The molecule has 1 aromatic heterocycles. The van der Waals surface area contributed by atoms with Gasteiger partial charge in [0.05, 0.1) is 10.6 Å². The lowest BCUT2D eigenvalue weighted by Gasteiger charge is -2.37. The summed E-state index contributed by atoms with van der Waals surface area (Å²) < 4.78 is 122. The van der Waals surface area contributed by atoms with E-state index in [1.165, 1.54) is 24.5 Å². The first-order valence-electron chi connectivity index (χ1n) is 11.2. The summed E-state index contributed by atoms with van der Waals surface area (Å²) in [6.45, 7) is -0.400. The van der Waals surface area contributed by atoms with Gasteiger partial charge < -0.3 is 10.4 Å². The number of carbonyl (C=O) groups excluding carboxylic acids is 1. The van der Waals surface area contributed by atoms with Crippen molar-refractivity contribution in [3.05, 3.63) is 78.4 Å². The number of aliphatic hydroxyl groups is 1. The van der Waals surface area contributed by atoms with Gasteiger partial charge in [-0.05, 0) is 48.5 Å². The molecule has 0 saturated carbocycles. The molecule has 3 aromatic rings. The van der Waals surface area contributed by atoms with Crippen LogP contribution in [0.2, 0.25) is 0 Å². The Hall–Kier alpha value is -3.37. The molecule has 4 rings (SSSR count). The van der Waals surface area contributed by atoms with Gasteiger partial charge in [-0.1, -0.05) is 6.07 Å². The van der Waals surface area contributed by atoms with Gasteiger partial charge in [-0.2, -0.15) is 26.3 Å². The Morgan fingerprint density at radius 2 is 1.60 bits per heavy atom. The average Bonchev–Trinajstić information content (AvgIpc) is 2.86. The number of alkyl halides is 6. The first-order valence-corrected chi connectivity index (χ1v) is 13.5. The van der Waals surface area contributed by atoms with Crippen LogP contribution in [0.25, 0.3) is 0 Å². The van der Waals surface area contributed by atoms with Crippen LogP contribution in [0.1, 0.15) is 12.0 Å². The number of hydrogen-bond donors (Lipinski definition) is 2. The Morgan fingerprint density at radius 1 is 1.00 bits per heavy atom. The van der Waals surface area contributed by atoms with E-state index in [0.29, 0.717) is 35.6 Å². The zero-order valence-electron chi connectivity index (χ0n) is 19.9. The molecular weight excluding hydrogens is 591 g/mol. The molecule has 1 aliphatic heterocycles. The highest BCUT2D eigenvalue weighted by molar-refractivity contribution is 8.00. The van der Waals surface area contributed by atoms with Crippen molar-refractivity contribution in [3.8, 4) is 0 Å². The van der Waals surface area contributed by atoms with Crippen molar-refractivity contribution in [1.82, 2.24) is 4.98 Å². The Bertz CT molecular complexity index is 1490. The smallest absolute Gasteiger partial charge is 0.369 e. The van der Waals surface area contributed by atoms with Crippen molar-refractivity contribution in [2.45, 2.75) is 39.4 Å². The third-order valence-electron chi connectivity index (χ3n) is 5.91. The number of sulfonamides is 1. The second kappa shape index (κ2) is 10.6. The van der Waals surface area contributed by atoms with Gasteiger partial charge >= 0.3 is 12.4 Å². The van der Waals surface area contributed by atoms with E-state index in [2.05, 4.69) is 10.3 Å². The molecule has 40 heavy (non-hydrogen) atoms. The van der Waals surface area contributed by atoms with E-state index in [1.807, 2.05) is 0 Å². The normalized spacial score (nSPS) is 16.4. The number of anilines is 2. The number of hydrogen-bond acceptors (Lipinski definition) is 6. The van der Waals surface area contributed by atoms with E-state index in [4.69, 9.17) is 0 Å². The predicted molar refractivity (Wildman–Crippen MR) is 131 cm³/mol. The third-order valence-corrected chi connectivity index (χ3v) is 8.93. The van der Waals surface area contributed by atoms with Crippen LogP contribution >= 0.6 is 11.8 Å². The van der Waals surface area contributed by atoms with Gasteiger partial charge in [0.15, 0.2) is 0 Å². The van der Waals surface area contributed by atoms with Crippen LogP contribution in [0.15, 0.2) is 76.8 Å². The van der Waals surface area contributed by atoms with Crippen LogP contribution in [0.5, 0.6) is 0 Å². The van der Waals surface area contributed by atoms with Crippen LogP contribution in [-0.4, -0.2) is 48.6 Å². The summed E-state index contributed by atoms with van der Waals surface area (Å²) in [6, 6.07) is 8.00. The van der Waals surface area contributed by atoms with Crippen molar-refractivity contribution in [2.75, 3.05) is 16.2 Å². The van der Waals surface area contributed by atoms with E-state index < -0.39 is 68.4 Å². The minimum atomic E-state index is -6.16. The summed E-state index contributed by atoms with van der Waals surface area (Å²) in [5, 5.41) is 11.4. The van der Waals surface area contributed by atoms with E-state index >= 15 is 0 Å². The maximum absolute atomic E-state index is 13.5. The molecule has 2 heterocycles. The molecule has 1 amide bonds. The second-order valence-corrected chi connectivity index (χ2v) is 11.8. The van der Waals surface area contributed by atoms with Crippen molar-refractivity contribution >= 4 is 39.1 Å². The molecule has 16 heteroatoms. The number of pyridine rings is 1. The van der Waals surface area contributed by atoms with Gasteiger partial charge in [-0.3, -0.25) is 14.1 Å². The van der Waals surface area contributed by atoms with Crippen molar-refractivity contribution in [3.63, 3.8) is 0 Å². The number of benzene rings is 2. The highest BCUT2D eigenvalue weighted by Gasteiger charge is 2.71. The topological polar surface area (TPSA) is 99.6 Å². The fraction of sp³-hybridized carbons (Fsp3) is 0.250. The fourth-order valence-corrected chi connectivity index (χ4v) is 6.94. The van der Waals surface area contributed by atoms with Crippen molar-refractivity contribution in [2.24, 2.45) is 0 Å². The first-order chi connectivity index (χ1) is 18.5. The number of rotatable bonds is 6. The van der Waals surface area contributed by atoms with Gasteiger partial charge in [0.25, 0.3) is 15.6 Å². The zero-order chi connectivity index (χ0) is 29.5. The van der Waals surface area contributed by atoms with Crippen LogP contribution < -0.4 is 9.62 Å². The molecule has 7 nitrogen and oxygen atoms in total. The summed E-state index contributed by atoms with van der Waals surface area (Å²) in [5.41, 5.74) is -6.77. The minimum Gasteiger partial charge on any atom is -0.369 e. The summed E-state index contributed by atoms with van der Waals surface area (Å²) in [5.74, 6) is -1.37. The average molecular weight is 610 g/mol. The molecule has 0 aliphatic carbocycles. The third kappa shape index (κ3) is 5.60. The minimum absolute atomic E-state index is 0.282. The molecule has 0 fully saturated rings. The van der Waals surface area contributed by atoms with E-state index in [1.54, 1.807) is 0 Å². The Labute approximate surface area is 227 Å². The monoisotopic (exact) mass is 609 g/mol. The number of thioether (sulfide) groups is 1. The summed E-state index contributed by atoms with van der Waals surface area (Å²) in [6.07, 6.45) is -9.94. The number of halogens is 7. The van der Waals surface area contributed by atoms with Gasteiger partial charge in [0.2, 0.25) is 5.91 Å². The molecule has 0 radical (unpaired) electrons. The number of nitrogens with zero attached hydrogens (tertiary/aromatic N) is 2. The zero-order valence-corrected chi connectivity index (χ0v) is 21.5. The van der Waals surface area contributed by atoms with Crippen LogP contribution in [0, 0.1) is 5.82 Å². The van der Waals surface area contributed by atoms with Crippen LogP contribution in [0.4, 0.5) is 42.1 Å². The number of aromatic nitrogens is 1. The highest BCUT2D eigenvalue weighted by Crippen LogP contribution is 2.52. The van der Waals surface area contributed by atoms with Crippen molar-refractivity contribution < 1.29 is 49.1 Å². The lowest BCUT2D eigenvalue weighted by atomic mass is 9.92. The highest BCUT2D eigenvalue weighted by atomic mass is 32.2. The number of amides is 1. The number of fused-ring (bicyclic) bond motifs is 1. The second-order valence-electron chi connectivity index (χ2n) is 8.61. The maximum atomic E-state index is 13.5. The molecule has 0 saturated heterocycles. The molecule has 1 aliphatic rings. The van der Waals surface area contributed by atoms with Gasteiger partial charge in [0, 0.05) is 46.8 Å². The first kappa shape index (κ1) is 29.6. The van der Waals surface area contributed by atoms with Gasteiger partial charge in [0.1, 0.15) is 5.82 Å². The Morgan fingerprint density at radius 3 is 2.17 bits per heavy atom.